The van der Waals surface area contributed by atoms with Gasteiger partial charge in [-0.15, -0.1) is 0 Å². The topological polar surface area (TPSA) is 12.0 Å². The SMILES string of the molecule is Cc1ccc(Cl)cc1[C@@H]1CCCNC1. The minimum atomic E-state index is 0.655. The van der Waals surface area contributed by atoms with Crippen LogP contribution in [0.25, 0.3) is 0 Å². The molecule has 1 aromatic rings. The molecular formula is C12H16ClN. The van der Waals surface area contributed by atoms with Crippen molar-refractivity contribution in [2.45, 2.75) is 25.7 Å². The van der Waals surface area contributed by atoms with Crippen molar-refractivity contribution in [3.8, 4) is 0 Å². The molecule has 1 N–H and O–H groups in total. The van der Waals surface area contributed by atoms with Crippen LogP contribution in [0.1, 0.15) is 29.9 Å². The molecule has 1 aliphatic heterocycles. The van der Waals surface area contributed by atoms with Crippen molar-refractivity contribution in [3.63, 3.8) is 0 Å². The van der Waals surface area contributed by atoms with Crippen LogP contribution >= 0.6 is 11.6 Å². The molecule has 76 valence electrons. The van der Waals surface area contributed by atoms with E-state index in [1.54, 1.807) is 0 Å². The lowest BCUT2D eigenvalue weighted by molar-refractivity contribution is 0.460. The summed E-state index contributed by atoms with van der Waals surface area (Å²) in [7, 11) is 0. The zero-order valence-corrected chi connectivity index (χ0v) is 9.27. The van der Waals surface area contributed by atoms with E-state index in [9.17, 15) is 0 Å². The zero-order valence-electron chi connectivity index (χ0n) is 8.52. The summed E-state index contributed by atoms with van der Waals surface area (Å²) in [5.41, 5.74) is 2.78. The van der Waals surface area contributed by atoms with Crippen LogP contribution in [0.3, 0.4) is 0 Å². The molecule has 1 aromatic carbocycles. The fourth-order valence-corrected chi connectivity index (χ4v) is 2.35. The summed E-state index contributed by atoms with van der Waals surface area (Å²) in [5, 5.41) is 4.29. The first-order chi connectivity index (χ1) is 6.77. The molecule has 0 unspecified atom stereocenters. The molecule has 2 rings (SSSR count). The largest absolute Gasteiger partial charge is 0.316 e. The first-order valence-electron chi connectivity index (χ1n) is 5.24. The van der Waals surface area contributed by atoms with E-state index in [2.05, 4.69) is 24.4 Å². The number of benzene rings is 1. The van der Waals surface area contributed by atoms with Crippen molar-refractivity contribution in [1.82, 2.24) is 5.32 Å². The molecule has 1 aliphatic rings. The fourth-order valence-electron chi connectivity index (χ4n) is 2.17. The fraction of sp³-hybridized carbons (Fsp3) is 0.500. The van der Waals surface area contributed by atoms with Crippen molar-refractivity contribution in [3.05, 3.63) is 34.3 Å². The van der Waals surface area contributed by atoms with Crippen molar-refractivity contribution < 1.29 is 0 Å². The molecule has 1 atom stereocenters. The van der Waals surface area contributed by atoms with Crippen molar-refractivity contribution in [1.29, 1.82) is 0 Å². The van der Waals surface area contributed by atoms with E-state index < -0.39 is 0 Å². The molecule has 0 aliphatic carbocycles. The lowest BCUT2D eigenvalue weighted by Crippen LogP contribution is -2.28. The Labute approximate surface area is 90.5 Å². The van der Waals surface area contributed by atoms with Crippen LogP contribution in [0, 0.1) is 6.92 Å². The quantitative estimate of drug-likeness (QED) is 0.750. The van der Waals surface area contributed by atoms with Crippen LogP contribution in [0.15, 0.2) is 18.2 Å². The van der Waals surface area contributed by atoms with E-state index in [1.165, 1.54) is 24.0 Å². The average Bonchev–Trinajstić information content (AvgIpc) is 2.23. The van der Waals surface area contributed by atoms with Gasteiger partial charge < -0.3 is 5.32 Å². The average molecular weight is 210 g/mol. The van der Waals surface area contributed by atoms with Gasteiger partial charge in [0.1, 0.15) is 0 Å². The van der Waals surface area contributed by atoms with E-state index in [4.69, 9.17) is 11.6 Å². The number of nitrogens with one attached hydrogen (secondary N) is 1. The van der Waals surface area contributed by atoms with E-state index in [0.717, 1.165) is 18.1 Å². The van der Waals surface area contributed by atoms with Crippen LogP contribution in [0.2, 0.25) is 5.02 Å². The van der Waals surface area contributed by atoms with Gasteiger partial charge in [-0.1, -0.05) is 17.7 Å². The Morgan fingerprint density at radius 2 is 2.29 bits per heavy atom. The van der Waals surface area contributed by atoms with Crippen molar-refractivity contribution in [2.24, 2.45) is 0 Å². The molecule has 1 nitrogen and oxygen atoms in total. The Hall–Kier alpha value is -0.530. The minimum absolute atomic E-state index is 0.655. The molecular weight excluding hydrogens is 194 g/mol. The highest BCUT2D eigenvalue weighted by Crippen LogP contribution is 2.28. The predicted molar refractivity (Wildman–Crippen MR) is 61.0 cm³/mol. The summed E-state index contributed by atoms with van der Waals surface area (Å²) in [6.07, 6.45) is 2.56. The van der Waals surface area contributed by atoms with Crippen molar-refractivity contribution >= 4 is 11.6 Å². The van der Waals surface area contributed by atoms with Gasteiger partial charge in [0.05, 0.1) is 0 Å². The molecule has 1 fully saturated rings. The lowest BCUT2D eigenvalue weighted by atomic mass is 9.89. The number of hydrogen-bond donors (Lipinski definition) is 1. The maximum atomic E-state index is 6.02. The number of hydrogen-bond acceptors (Lipinski definition) is 1. The third-order valence-electron chi connectivity index (χ3n) is 2.98. The maximum Gasteiger partial charge on any atom is 0.0409 e. The second-order valence-electron chi connectivity index (χ2n) is 4.04. The summed E-state index contributed by atoms with van der Waals surface area (Å²) >= 11 is 6.02. The second kappa shape index (κ2) is 4.33. The number of aryl methyl sites for hydroxylation is 1. The third-order valence-corrected chi connectivity index (χ3v) is 3.21. The Balaban J connectivity index is 2.24. The Kier molecular flexibility index (Phi) is 3.09. The minimum Gasteiger partial charge on any atom is -0.316 e. The summed E-state index contributed by atoms with van der Waals surface area (Å²) in [6.45, 7) is 4.43. The van der Waals surface area contributed by atoms with Gasteiger partial charge in [-0.25, -0.2) is 0 Å². The summed E-state index contributed by atoms with van der Waals surface area (Å²) in [6, 6.07) is 6.21. The summed E-state index contributed by atoms with van der Waals surface area (Å²) in [4.78, 5) is 0. The number of rotatable bonds is 1. The summed E-state index contributed by atoms with van der Waals surface area (Å²) < 4.78 is 0. The maximum absolute atomic E-state index is 6.02. The van der Waals surface area contributed by atoms with Crippen molar-refractivity contribution in [2.75, 3.05) is 13.1 Å². The smallest absolute Gasteiger partial charge is 0.0409 e. The highest BCUT2D eigenvalue weighted by atomic mass is 35.5. The van der Waals surface area contributed by atoms with Crippen LogP contribution in [0.4, 0.5) is 0 Å². The van der Waals surface area contributed by atoms with Crippen LogP contribution in [-0.4, -0.2) is 13.1 Å². The van der Waals surface area contributed by atoms with E-state index >= 15 is 0 Å². The standard InChI is InChI=1S/C12H16ClN/c1-9-4-5-11(13)7-12(9)10-3-2-6-14-8-10/h4-5,7,10,14H,2-3,6,8H2,1H3/t10-/m1/s1. The van der Waals surface area contributed by atoms with E-state index in [0.29, 0.717) is 5.92 Å². The number of halogens is 1. The van der Waals surface area contributed by atoms with Gasteiger partial charge in [0.25, 0.3) is 0 Å². The summed E-state index contributed by atoms with van der Waals surface area (Å²) in [5.74, 6) is 0.655. The first kappa shape index (κ1) is 10.0. The Morgan fingerprint density at radius 3 is 3.00 bits per heavy atom. The van der Waals surface area contributed by atoms with E-state index in [-0.39, 0.29) is 0 Å². The monoisotopic (exact) mass is 209 g/mol. The van der Waals surface area contributed by atoms with E-state index in [1.807, 2.05) is 6.07 Å². The molecule has 0 bridgehead atoms. The normalized spacial score (nSPS) is 22.3. The highest BCUT2D eigenvalue weighted by molar-refractivity contribution is 6.30. The molecule has 0 spiro atoms. The lowest BCUT2D eigenvalue weighted by Gasteiger charge is -2.24. The molecule has 0 saturated carbocycles. The predicted octanol–water partition coefficient (Wildman–Crippen LogP) is 3.12. The van der Waals surface area contributed by atoms with Gasteiger partial charge in [0, 0.05) is 11.6 Å². The molecule has 2 heteroatoms. The Bertz CT molecular complexity index is 316. The Morgan fingerprint density at radius 1 is 1.43 bits per heavy atom. The van der Waals surface area contributed by atoms with Gasteiger partial charge in [-0.2, -0.15) is 0 Å². The molecule has 1 saturated heterocycles. The number of piperidine rings is 1. The second-order valence-corrected chi connectivity index (χ2v) is 4.48. The van der Waals surface area contributed by atoms with Gasteiger partial charge >= 0.3 is 0 Å². The van der Waals surface area contributed by atoms with Gasteiger partial charge in [0.2, 0.25) is 0 Å². The first-order valence-corrected chi connectivity index (χ1v) is 5.62. The van der Waals surface area contributed by atoms with Crippen LogP contribution in [0.5, 0.6) is 0 Å². The molecule has 0 aromatic heterocycles. The highest BCUT2D eigenvalue weighted by Gasteiger charge is 2.16. The van der Waals surface area contributed by atoms with Gasteiger partial charge in [-0.05, 0) is 55.5 Å². The van der Waals surface area contributed by atoms with Gasteiger partial charge in [0.15, 0.2) is 0 Å². The third kappa shape index (κ3) is 2.10. The van der Waals surface area contributed by atoms with Crippen LogP contribution in [-0.2, 0) is 0 Å². The molecule has 1 heterocycles. The zero-order chi connectivity index (χ0) is 9.97. The van der Waals surface area contributed by atoms with Crippen LogP contribution < -0.4 is 5.32 Å². The molecule has 0 radical (unpaired) electrons. The van der Waals surface area contributed by atoms with Gasteiger partial charge in [-0.3, -0.25) is 0 Å². The molecule has 14 heavy (non-hydrogen) atoms. The molecule has 0 amide bonds.